The highest BCUT2D eigenvalue weighted by Gasteiger charge is 2.06. The summed E-state index contributed by atoms with van der Waals surface area (Å²) >= 11 is 0. The Morgan fingerprint density at radius 1 is 1.67 bits per heavy atom. The van der Waals surface area contributed by atoms with Crippen LogP contribution in [0.25, 0.3) is 0 Å². The predicted octanol–water partition coefficient (Wildman–Crippen LogP) is 0.857. The fourth-order valence-corrected chi connectivity index (χ4v) is 0.837. The number of amides is 2. The van der Waals surface area contributed by atoms with Crippen LogP contribution in [0.15, 0.2) is 24.5 Å². The number of nitrogens with one attached hydrogen (secondary N) is 1. The molecule has 1 N–H and O–H groups in total. The van der Waals surface area contributed by atoms with Gasteiger partial charge in [0.15, 0.2) is 0 Å². The third-order valence-corrected chi connectivity index (χ3v) is 1.55. The Balaban J connectivity index is 2.78. The standard InChI is InChI=1S/C8H11N3O/c1-9-8(12)11(2)7-4-3-5-10-6-7/h3-6H,1-2H3,(H,9,12). The van der Waals surface area contributed by atoms with Crippen LogP contribution in [0.3, 0.4) is 0 Å². The maximum Gasteiger partial charge on any atom is 0.321 e. The van der Waals surface area contributed by atoms with Crippen LogP contribution < -0.4 is 10.2 Å². The predicted molar refractivity (Wildman–Crippen MR) is 47.1 cm³/mol. The van der Waals surface area contributed by atoms with E-state index in [9.17, 15) is 4.79 Å². The van der Waals surface area contributed by atoms with Crippen molar-refractivity contribution >= 4 is 11.7 Å². The molecule has 0 fully saturated rings. The first-order valence-corrected chi connectivity index (χ1v) is 3.61. The quantitative estimate of drug-likeness (QED) is 0.670. The van der Waals surface area contributed by atoms with Crippen molar-refractivity contribution in [1.29, 1.82) is 0 Å². The second-order valence-electron chi connectivity index (χ2n) is 2.33. The summed E-state index contributed by atoms with van der Waals surface area (Å²) in [5.74, 6) is 0. The van der Waals surface area contributed by atoms with Gasteiger partial charge in [0.2, 0.25) is 0 Å². The molecule has 0 spiro atoms. The van der Waals surface area contributed by atoms with E-state index >= 15 is 0 Å². The van der Waals surface area contributed by atoms with Crippen molar-refractivity contribution in [1.82, 2.24) is 10.3 Å². The first-order valence-electron chi connectivity index (χ1n) is 3.61. The molecular weight excluding hydrogens is 154 g/mol. The molecule has 0 aliphatic heterocycles. The van der Waals surface area contributed by atoms with Gasteiger partial charge in [0.05, 0.1) is 11.9 Å². The minimum atomic E-state index is -0.150. The largest absolute Gasteiger partial charge is 0.341 e. The summed E-state index contributed by atoms with van der Waals surface area (Å²) < 4.78 is 0. The van der Waals surface area contributed by atoms with Gasteiger partial charge in [-0.1, -0.05) is 0 Å². The SMILES string of the molecule is CNC(=O)N(C)c1cccnc1. The molecule has 12 heavy (non-hydrogen) atoms. The lowest BCUT2D eigenvalue weighted by molar-refractivity contribution is 0.249. The van der Waals surface area contributed by atoms with E-state index in [1.54, 1.807) is 32.6 Å². The van der Waals surface area contributed by atoms with Gasteiger partial charge in [0.25, 0.3) is 0 Å². The molecule has 0 unspecified atom stereocenters. The fourth-order valence-electron chi connectivity index (χ4n) is 0.837. The lowest BCUT2D eigenvalue weighted by Crippen LogP contribution is -2.34. The van der Waals surface area contributed by atoms with Crippen LogP contribution >= 0.6 is 0 Å². The van der Waals surface area contributed by atoms with Crippen molar-refractivity contribution in [2.75, 3.05) is 19.0 Å². The van der Waals surface area contributed by atoms with Crippen LogP contribution in [0.1, 0.15) is 0 Å². The van der Waals surface area contributed by atoms with Gasteiger partial charge in [0.1, 0.15) is 0 Å². The molecule has 0 saturated carbocycles. The zero-order valence-corrected chi connectivity index (χ0v) is 7.11. The topological polar surface area (TPSA) is 45.2 Å². The van der Waals surface area contributed by atoms with E-state index < -0.39 is 0 Å². The van der Waals surface area contributed by atoms with E-state index in [4.69, 9.17) is 0 Å². The molecule has 4 heteroatoms. The number of carbonyl (C=O) groups is 1. The maximum absolute atomic E-state index is 11.1. The number of aromatic nitrogens is 1. The molecule has 4 nitrogen and oxygen atoms in total. The molecule has 1 rings (SSSR count). The number of anilines is 1. The number of hydrogen-bond donors (Lipinski definition) is 1. The van der Waals surface area contributed by atoms with E-state index in [1.165, 1.54) is 4.90 Å². The van der Waals surface area contributed by atoms with E-state index in [1.807, 2.05) is 6.07 Å². The normalized spacial score (nSPS) is 9.17. The van der Waals surface area contributed by atoms with Crippen molar-refractivity contribution in [2.45, 2.75) is 0 Å². The van der Waals surface area contributed by atoms with E-state index in [2.05, 4.69) is 10.3 Å². The Hall–Kier alpha value is -1.58. The highest BCUT2D eigenvalue weighted by Crippen LogP contribution is 2.08. The van der Waals surface area contributed by atoms with Crippen LogP contribution in [-0.4, -0.2) is 25.1 Å². The third kappa shape index (κ3) is 1.72. The molecule has 0 saturated heterocycles. The third-order valence-electron chi connectivity index (χ3n) is 1.55. The van der Waals surface area contributed by atoms with Crippen LogP contribution in [-0.2, 0) is 0 Å². The van der Waals surface area contributed by atoms with Gasteiger partial charge in [-0.05, 0) is 12.1 Å². The first-order chi connectivity index (χ1) is 5.75. The summed E-state index contributed by atoms with van der Waals surface area (Å²) in [6.45, 7) is 0. The van der Waals surface area contributed by atoms with Crippen LogP contribution in [0.2, 0.25) is 0 Å². The zero-order valence-electron chi connectivity index (χ0n) is 7.11. The molecule has 64 valence electrons. The van der Waals surface area contributed by atoms with Gasteiger partial charge in [-0.2, -0.15) is 0 Å². The second kappa shape index (κ2) is 3.71. The fraction of sp³-hybridized carbons (Fsp3) is 0.250. The van der Waals surface area contributed by atoms with Crippen molar-refractivity contribution in [2.24, 2.45) is 0 Å². The van der Waals surface area contributed by atoms with E-state index in [0.717, 1.165) is 5.69 Å². The lowest BCUT2D eigenvalue weighted by atomic mass is 10.4. The first kappa shape index (κ1) is 8.52. The van der Waals surface area contributed by atoms with Gasteiger partial charge in [-0.15, -0.1) is 0 Å². The monoisotopic (exact) mass is 165 g/mol. The molecular formula is C8H11N3O. The van der Waals surface area contributed by atoms with Gasteiger partial charge in [-0.3, -0.25) is 9.88 Å². The highest BCUT2D eigenvalue weighted by atomic mass is 16.2. The van der Waals surface area contributed by atoms with Crippen LogP contribution in [0.5, 0.6) is 0 Å². The van der Waals surface area contributed by atoms with Crippen molar-refractivity contribution < 1.29 is 4.79 Å². The van der Waals surface area contributed by atoms with Gasteiger partial charge >= 0.3 is 6.03 Å². The Kier molecular flexibility index (Phi) is 2.63. The Morgan fingerprint density at radius 3 is 2.92 bits per heavy atom. The minimum absolute atomic E-state index is 0.150. The molecule has 0 bridgehead atoms. The number of rotatable bonds is 1. The van der Waals surface area contributed by atoms with E-state index in [-0.39, 0.29) is 6.03 Å². The highest BCUT2D eigenvalue weighted by molar-refractivity contribution is 5.90. The van der Waals surface area contributed by atoms with Gasteiger partial charge < -0.3 is 5.32 Å². The summed E-state index contributed by atoms with van der Waals surface area (Å²) in [6, 6.07) is 3.46. The minimum Gasteiger partial charge on any atom is -0.341 e. The summed E-state index contributed by atoms with van der Waals surface area (Å²) in [4.78, 5) is 16.5. The van der Waals surface area contributed by atoms with Gasteiger partial charge in [0, 0.05) is 20.3 Å². The Morgan fingerprint density at radius 2 is 2.42 bits per heavy atom. The zero-order chi connectivity index (χ0) is 8.97. The summed E-state index contributed by atoms with van der Waals surface area (Å²) in [6.07, 6.45) is 3.30. The molecule has 0 aromatic carbocycles. The van der Waals surface area contributed by atoms with Crippen molar-refractivity contribution in [3.63, 3.8) is 0 Å². The second-order valence-corrected chi connectivity index (χ2v) is 2.33. The molecule has 0 aliphatic rings. The Bertz CT molecular complexity index is 260. The molecule has 0 aliphatic carbocycles. The smallest absolute Gasteiger partial charge is 0.321 e. The summed E-state index contributed by atoms with van der Waals surface area (Å²) in [5, 5.41) is 2.52. The van der Waals surface area contributed by atoms with Gasteiger partial charge in [-0.25, -0.2) is 4.79 Å². The number of pyridine rings is 1. The molecule has 1 aromatic rings. The number of urea groups is 1. The number of hydrogen-bond acceptors (Lipinski definition) is 2. The average molecular weight is 165 g/mol. The van der Waals surface area contributed by atoms with Crippen LogP contribution in [0, 0.1) is 0 Å². The maximum atomic E-state index is 11.1. The lowest BCUT2D eigenvalue weighted by Gasteiger charge is -2.15. The molecule has 0 radical (unpaired) electrons. The molecule has 2 amide bonds. The average Bonchev–Trinajstić information content (AvgIpc) is 2.17. The summed E-state index contributed by atoms with van der Waals surface area (Å²) in [5.41, 5.74) is 0.775. The molecule has 0 atom stereocenters. The van der Waals surface area contributed by atoms with Crippen molar-refractivity contribution in [3.8, 4) is 0 Å². The molecule has 1 heterocycles. The molecule has 1 aromatic heterocycles. The Labute approximate surface area is 71.2 Å². The van der Waals surface area contributed by atoms with Crippen LogP contribution in [0.4, 0.5) is 10.5 Å². The number of carbonyl (C=O) groups excluding carboxylic acids is 1. The van der Waals surface area contributed by atoms with E-state index in [0.29, 0.717) is 0 Å². The number of nitrogens with zero attached hydrogens (tertiary/aromatic N) is 2. The van der Waals surface area contributed by atoms with Crippen molar-refractivity contribution in [3.05, 3.63) is 24.5 Å². The summed E-state index contributed by atoms with van der Waals surface area (Å²) in [7, 11) is 3.28.